The molecule has 0 saturated heterocycles. The highest BCUT2D eigenvalue weighted by Gasteiger charge is 2.11. The van der Waals surface area contributed by atoms with Crippen LogP contribution in [0.25, 0.3) is 0 Å². The molecule has 1 N–H and O–H groups in total. The summed E-state index contributed by atoms with van der Waals surface area (Å²) in [5.41, 5.74) is 2.24. The highest BCUT2D eigenvalue weighted by Crippen LogP contribution is 2.16. The minimum atomic E-state index is -0.219. The molecule has 0 aliphatic carbocycles. The van der Waals surface area contributed by atoms with Crippen LogP contribution in [-0.2, 0) is 13.2 Å². The number of furan rings is 1. The first-order chi connectivity index (χ1) is 12.6. The van der Waals surface area contributed by atoms with Crippen molar-refractivity contribution in [2.24, 2.45) is 0 Å². The molecule has 0 spiro atoms. The third-order valence-electron chi connectivity index (χ3n) is 4.02. The standard InChI is InChI=1S/C20H23N3O3/c1-15-5-3-6-17(13-15)25-14-18-7-8-19(26-18)20(24)21-10-4-12-23-16(2)9-11-22-23/h3,5-9,11,13H,4,10,12,14H2,1-2H3,(H,21,24). The number of carbonyl (C=O) groups is 1. The topological polar surface area (TPSA) is 69.3 Å². The number of hydrogen-bond donors (Lipinski definition) is 1. The van der Waals surface area contributed by atoms with Crippen LogP contribution in [0.3, 0.4) is 0 Å². The van der Waals surface area contributed by atoms with Crippen molar-refractivity contribution in [2.75, 3.05) is 6.54 Å². The van der Waals surface area contributed by atoms with Crippen LogP contribution in [0.4, 0.5) is 0 Å². The number of carbonyl (C=O) groups excluding carboxylic acids is 1. The minimum Gasteiger partial charge on any atom is -0.486 e. The summed E-state index contributed by atoms with van der Waals surface area (Å²) in [5, 5.41) is 7.08. The average molecular weight is 353 g/mol. The number of nitrogens with zero attached hydrogens (tertiary/aromatic N) is 2. The summed E-state index contributed by atoms with van der Waals surface area (Å²) >= 11 is 0. The fraction of sp³-hybridized carbons (Fsp3) is 0.300. The van der Waals surface area contributed by atoms with Crippen molar-refractivity contribution < 1.29 is 13.9 Å². The number of amides is 1. The van der Waals surface area contributed by atoms with Crippen LogP contribution in [0.1, 0.15) is 34.0 Å². The molecule has 0 atom stereocenters. The molecule has 0 saturated carbocycles. The van der Waals surface area contributed by atoms with E-state index in [1.165, 1.54) is 0 Å². The van der Waals surface area contributed by atoms with Crippen molar-refractivity contribution in [2.45, 2.75) is 33.4 Å². The van der Waals surface area contributed by atoms with Crippen LogP contribution < -0.4 is 10.1 Å². The van der Waals surface area contributed by atoms with Crippen LogP contribution in [0, 0.1) is 13.8 Å². The van der Waals surface area contributed by atoms with Gasteiger partial charge in [0, 0.05) is 25.0 Å². The van der Waals surface area contributed by atoms with Crippen LogP contribution in [0.2, 0.25) is 0 Å². The van der Waals surface area contributed by atoms with Gasteiger partial charge >= 0.3 is 0 Å². The maximum Gasteiger partial charge on any atom is 0.286 e. The van der Waals surface area contributed by atoms with Crippen molar-refractivity contribution >= 4 is 5.91 Å². The molecule has 6 heteroatoms. The molecule has 1 aromatic carbocycles. The first-order valence-corrected chi connectivity index (χ1v) is 8.66. The largest absolute Gasteiger partial charge is 0.486 e. The van der Waals surface area contributed by atoms with Gasteiger partial charge in [0.1, 0.15) is 18.1 Å². The molecule has 3 rings (SSSR count). The van der Waals surface area contributed by atoms with Gasteiger partial charge in [-0.1, -0.05) is 12.1 Å². The molecular weight excluding hydrogens is 330 g/mol. The van der Waals surface area contributed by atoms with Crippen LogP contribution in [0.15, 0.2) is 53.1 Å². The Morgan fingerprint density at radius 3 is 2.88 bits per heavy atom. The van der Waals surface area contributed by atoms with Gasteiger partial charge in [-0.25, -0.2) is 0 Å². The van der Waals surface area contributed by atoms with Gasteiger partial charge in [0.2, 0.25) is 0 Å². The Morgan fingerprint density at radius 1 is 1.23 bits per heavy atom. The Balaban J connectivity index is 1.43. The predicted molar refractivity (Wildman–Crippen MR) is 98.1 cm³/mol. The summed E-state index contributed by atoms with van der Waals surface area (Å²) in [5.74, 6) is 1.47. The fourth-order valence-corrected chi connectivity index (χ4v) is 2.59. The van der Waals surface area contributed by atoms with Gasteiger partial charge in [0.15, 0.2) is 5.76 Å². The van der Waals surface area contributed by atoms with E-state index in [0.717, 1.165) is 30.0 Å². The number of aromatic nitrogens is 2. The van der Waals surface area contributed by atoms with Crippen LogP contribution in [-0.4, -0.2) is 22.2 Å². The van der Waals surface area contributed by atoms with E-state index in [9.17, 15) is 4.79 Å². The van der Waals surface area contributed by atoms with Crippen molar-refractivity contribution in [3.63, 3.8) is 0 Å². The minimum absolute atomic E-state index is 0.219. The number of rotatable bonds is 8. The lowest BCUT2D eigenvalue weighted by Gasteiger charge is -2.06. The molecule has 0 aliphatic rings. The zero-order chi connectivity index (χ0) is 18.4. The summed E-state index contributed by atoms with van der Waals surface area (Å²) in [6.07, 6.45) is 2.58. The monoisotopic (exact) mass is 353 g/mol. The molecule has 1 amide bonds. The third-order valence-corrected chi connectivity index (χ3v) is 4.02. The molecule has 0 fully saturated rings. The normalized spacial score (nSPS) is 10.7. The van der Waals surface area contributed by atoms with Gasteiger partial charge in [-0.05, 0) is 56.2 Å². The Hall–Kier alpha value is -3.02. The molecular formula is C20H23N3O3. The Morgan fingerprint density at radius 2 is 2.12 bits per heavy atom. The molecule has 26 heavy (non-hydrogen) atoms. The molecule has 2 heterocycles. The van der Waals surface area contributed by atoms with Gasteiger partial charge in [-0.3, -0.25) is 9.48 Å². The van der Waals surface area contributed by atoms with Crippen molar-refractivity contribution in [1.29, 1.82) is 0 Å². The Labute approximate surface area is 152 Å². The second-order valence-corrected chi connectivity index (χ2v) is 6.18. The van der Waals surface area contributed by atoms with E-state index >= 15 is 0 Å². The lowest BCUT2D eigenvalue weighted by Crippen LogP contribution is -2.25. The van der Waals surface area contributed by atoms with E-state index in [1.807, 2.05) is 48.9 Å². The Bertz CT molecular complexity index is 867. The fourth-order valence-electron chi connectivity index (χ4n) is 2.59. The van der Waals surface area contributed by atoms with Crippen molar-refractivity contribution in [1.82, 2.24) is 15.1 Å². The van der Waals surface area contributed by atoms with E-state index in [-0.39, 0.29) is 12.5 Å². The number of nitrogens with one attached hydrogen (secondary N) is 1. The second kappa shape index (κ2) is 8.38. The van der Waals surface area contributed by atoms with Gasteiger partial charge in [-0.2, -0.15) is 5.10 Å². The maximum atomic E-state index is 12.1. The van der Waals surface area contributed by atoms with Gasteiger partial charge in [0.05, 0.1) is 0 Å². The zero-order valence-corrected chi connectivity index (χ0v) is 15.1. The summed E-state index contributed by atoms with van der Waals surface area (Å²) in [6.45, 7) is 5.64. The summed E-state index contributed by atoms with van der Waals surface area (Å²) in [6, 6.07) is 13.2. The quantitative estimate of drug-likeness (QED) is 0.629. The average Bonchev–Trinajstić information content (AvgIpc) is 3.26. The van der Waals surface area contributed by atoms with Crippen molar-refractivity contribution in [3.8, 4) is 5.75 Å². The van der Waals surface area contributed by atoms with Crippen molar-refractivity contribution in [3.05, 3.63) is 71.4 Å². The molecule has 0 unspecified atom stereocenters. The zero-order valence-electron chi connectivity index (χ0n) is 15.1. The number of benzene rings is 1. The molecule has 2 aromatic heterocycles. The lowest BCUT2D eigenvalue weighted by molar-refractivity contribution is 0.0921. The van der Waals surface area contributed by atoms with E-state index in [2.05, 4.69) is 10.4 Å². The summed E-state index contributed by atoms with van der Waals surface area (Å²) in [7, 11) is 0. The van der Waals surface area contributed by atoms with E-state index in [0.29, 0.717) is 18.1 Å². The van der Waals surface area contributed by atoms with Gasteiger partial charge in [-0.15, -0.1) is 0 Å². The second-order valence-electron chi connectivity index (χ2n) is 6.18. The highest BCUT2D eigenvalue weighted by molar-refractivity contribution is 5.91. The van der Waals surface area contributed by atoms with Crippen LogP contribution in [0.5, 0.6) is 5.75 Å². The molecule has 0 aliphatic heterocycles. The number of aryl methyl sites for hydroxylation is 3. The molecule has 0 radical (unpaired) electrons. The molecule has 3 aromatic rings. The molecule has 6 nitrogen and oxygen atoms in total. The first kappa shape index (κ1) is 17.8. The number of ether oxygens (including phenoxy) is 1. The molecule has 0 bridgehead atoms. The first-order valence-electron chi connectivity index (χ1n) is 8.66. The SMILES string of the molecule is Cc1cccc(OCc2ccc(C(=O)NCCCn3nccc3C)o2)c1. The molecule has 136 valence electrons. The highest BCUT2D eigenvalue weighted by atomic mass is 16.5. The van der Waals surface area contributed by atoms with E-state index in [4.69, 9.17) is 9.15 Å². The summed E-state index contributed by atoms with van der Waals surface area (Å²) in [4.78, 5) is 12.1. The van der Waals surface area contributed by atoms with Gasteiger partial charge < -0.3 is 14.5 Å². The smallest absolute Gasteiger partial charge is 0.286 e. The number of hydrogen-bond acceptors (Lipinski definition) is 4. The summed E-state index contributed by atoms with van der Waals surface area (Å²) < 4.78 is 13.2. The van der Waals surface area contributed by atoms with Crippen LogP contribution >= 0.6 is 0 Å². The van der Waals surface area contributed by atoms with E-state index < -0.39 is 0 Å². The van der Waals surface area contributed by atoms with Gasteiger partial charge in [0.25, 0.3) is 5.91 Å². The van der Waals surface area contributed by atoms with E-state index in [1.54, 1.807) is 18.3 Å². The third kappa shape index (κ3) is 4.75. The predicted octanol–water partition coefficient (Wildman–Crippen LogP) is 3.49. The maximum absolute atomic E-state index is 12.1. The Kier molecular flexibility index (Phi) is 5.73. The lowest BCUT2D eigenvalue weighted by atomic mass is 10.2.